The number of halogens is 1. The predicted molar refractivity (Wildman–Crippen MR) is 76.1 cm³/mol. The molecule has 2 rings (SSSR count). The fourth-order valence-electron chi connectivity index (χ4n) is 1.59. The van der Waals surface area contributed by atoms with Gasteiger partial charge in [-0.1, -0.05) is 18.3 Å². The number of hydrogen-bond donors (Lipinski definition) is 1. The summed E-state index contributed by atoms with van der Waals surface area (Å²) in [6, 6.07) is 7.86. The van der Waals surface area contributed by atoms with Gasteiger partial charge in [-0.3, -0.25) is 0 Å². The van der Waals surface area contributed by atoms with E-state index in [0.717, 1.165) is 11.3 Å². The first-order chi connectivity index (χ1) is 8.97. The van der Waals surface area contributed by atoms with Crippen molar-refractivity contribution in [2.75, 3.05) is 0 Å². The normalized spacial score (nSPS) is 10.3. The van der Waals surface area contributed by atoms with Crippen molar-refractivity contribution in [2.24, 2.45) is 5.73 Å². The molecule has 0 saturated heterocycles. The highest BCUT2D eigenvalue weighted by Gasteiger charge is 2.11. The smallest absolute Gasteiger partial charge is 0.229 e. The monoisotopic (exact) mass is 276 g/mol. The molecule has 0 fully saturated rings. The Morgan fingerprint density at radius 2 is 2.00 bits per heavy atom. The van der Waals surface area contributed by atoms with E-state index in [1.165, 1.54) is 12.1 Å². The highest BCUT2D eigenvalue weighted by molar-refractivity contribution is 7.80. The average Bonchev–Trinajstić information content (AvgIpc) is 2.33. The standard InChI is InChI=1S/C14H13FN2OS/c1-8-3-5-10(15)7-12(8)18-14-11(13(16)19)6-4-9(2)17-14/h3-7H,1-2H3,(H2,16,19). The molecule has 0 amide bonds. The van der Waals surface area contributed by atoms with E-state index < -0.39 is 0 Å². The second-order valence-electron chi connectivity index (χ2n) is 4.18. The van der Waals surface area contributed by atoms with Gasteiger partial charge in [0.15, 0.2) is 0 Å². The first-order valence-corrected chi connectivity index (χ1v) is 6.09. The van der Waals surface area contributed by atoms with Crippen molar-refractivity contribution in [2.45, 2.75) is 13.8 Å². The molecule has 0 atom stereocenters. The van der Waals surface area contributed by atoms with E-state index in [4.69, 9.17) is 22.7 Å². The van der Waals surface area contributed by atoms with Gasteiger partial charge in [-0.2, -0.15) is 0 Å². The summed E-state index contributed by atoms with van der Waals surface area (Å²) >= 11 is 4.95. The molecule has 0 aliphatic carbocycles. The summed E-state index contributed by atoms with van der Waals surface area (Å²) in [4.78, 5) is 4.44. The molecule has 0 unspecified atom stereocenters. The molecule has 0 saturated carbocycles. The summed E-state index contributed by atoms with van der Waals surface area (Å²) in [5, 5.41) is 0. The number of nitrogens with zero attached hydrogens (tertiary/aromatic N) is 1. The van der Waals surface area contributed by atoms with Crippen molar-refractivity contribution >= 4 is 17.2 Å². The lowest BCUT2D eigenvalue weighted by molar-refractivity contribution is 0.452. The van der Waals surface area contributed by atoms with Crippen LogP contribution >= 0.6 is 12.2 Å². The van der Waals surface area contributed by atoms with E-state index in [2.05, 4.69) is 4.98 Å². The third-order valence-corrected chi connectivity index (χ3v) is 2.84. The predicted octanol–water partition coefficient (Wildman–Crippen LogP) is 3.26. The van der Waals surface area contributed by atoms with Crippen molar-refractivity contribution in [3.05, 3.63) is 53.0 Å². The molecule has 98 valence electrons. The zero-order valence-corrected chi connectivity index (χ0v) is 11.4. The summed E-state index contributed by atoms with van der Waals surface area (Å²) < 4.78 is 18.9. The third-order valence-electron chi connectivity index (χ3n) is 2.62. The maximum atomic E-state index is 13.2. The van der Waals surface area contributed by atoms with Crippen LogP contribution in [0.3, 0.4) is 0 Å². The second-order valence-corrected chi connectivity index (χ2v) is 4.62. The number of hydrogen-bond acceptors (Lipinski definition) is 3. The quantitative estimate of drug-likeness (QED) is 0.874. The van der Waals surface area contributed by atoms with Crippen LogP contribution in [0.2, 0.25) is 0 Å². The summed E-state index contributed by atoms with van der Waals surface area (Å²) in [7, 11) is 0. The van der Waals surface area contributed by atoms with Gasteiger partial charge in [-0.05, 0) is 37.6 Å². The largest absolute Gasteiger partial charge is 0.438 e. The minimum Gasteiger partial charge on any atom is -0.438 e. The van der Waals surface area contributed by atoms with E-state index in [-0.39, 0.29) is 10.8 Å². The maximum Gasteiger partial charge on any atom is 0.229 e. The molecule has 19 heavy (non-hydrogen) atoms. The van der Waals surface area contributed by atoms with Gasteiger partial charge in [0.2, 0.25) is 5.88 Å². The molecule has 2 N–H and O–H groups in total. The zero-order chi connectivity index (χ0) is 14.0. The summed E-state index contributed by atoms with van der Waals surface area (Å²) in [5.41, 5.74) is 7.73. The molecule has 1 aromatic heterocycles. The molecule has 1 heterocycles. The van der Waals surface area contributed by atoms with E-state index in [9.17, 15) is 4.39 Å². The van der Waals surface area contributed by atoms with Crippen molar-refractivity contribution in [3.63, 3.8) is 0 Å². The molecule has 0 aliphatic rings. The van der Waals surface area contributed by atoms with Crippen molar-refractivity contribution in [1.29, 1.82) is 0 Å². The second kappa shape index (κ2) is 5.32. The van der Waals surface area contributed by atoms with Crippen LogP contribution in [0.5, 0.6) is 11.6 Å². The first kappa shape index (κ1) is 13.4. The minimum atomic E-state index is -0.370. The molecular weight excluding hydrogens is 263 g/mol. The molecule has 0 spiro atoms. The van der Waals surface area contributed by atoms with E-state index in [1.54, 1.807) is 18.2 Å². The van der Waals surface area contributed by atoms with Crippen LogP contribution in [-0.4, -0.2) is 9.97 Å². The molecule has 0 aliphatic heterocycles. The molecule has 1 aromatic carbocycles. The summed E-state index contributed by atoms with van der Waals surface area (Å²) in [6.45, 7) is 3.65. The van der Waals surface area contributed by atoms with E-state index in [1.807, 2.05) is 13.8 Å². The van der Waals surface area contributed by atoms with Gasteiger partial charge in [0.1, 0.15) is 16.6 Å². The van der Waals surface area contributed by atoms with Gasteiger partial charge in [0.05, 0.1) is 5.56 Å². The lowest BCUT2D eigenvalue weighted by Crippen LogP contribution is -2.12. The van der Waals surface area contributed by atoms with Crippen molar-refractivity contribution in [3.8, 4) is 11.6 Å². The number of rotatable bonds is 3. The minimum absolute atomic E-state index is 0.191. The van der Waals surface area contributed by atoms with Crippen LogP contribution in [0.4, 0.5) is 4.39 Å². The van der Waals surface area contributed by atoms with Gasteiger partial charge < -0.3 is 10.5 Å². The highest BCUT2D eigenvalue weighted by atomic mass is 32.1. The van der Waals surface area contributed by atoms with Crippen LogP contribution in [0, 0.1) is 19.7 Å². The Kier molecular flexibility index (Phi) is 3.76. The number of thiocarbonyl (C=S) groups is 1. The van der Waals surface area contributed by atoms with E-state index in [0.29, 0.717) is 17.2 Å². The van der Waals surface area contributed by atoms with Crippen LogP contribution in [0.1, 0.15) is 16.8 Å². The van der Waals surface area contributed by atoms with E-state index >= 15 is 0 Å². The number of pyridine rings is 1. The average molecular weight is 276 g/mol. The number of aryl methyl sites for hydroxylation is 2. The number of nitrogens with two attached hydrogens (primary N) is 1. The van der Waals surface area contributed by atoms with Crippen LogP contribution in [-0.2, 0) is 0 Å². The Hall–Kier alpha value is -2.01. The zero-order valence-electron chi connectivity index (χ0n) is 10.6. The number of ether oxygens (including phenoxy) is 1. The highest BCUT2D eigenvalue weighted by Crippen LogP contribution is 2.27. The maximum absolute atomic E-state index is 13.2. The van der Waals surface area contributed by atoms with Crippen LogP contribution in [0.15, 0.2) is 30.3 Å². The Bertz CT molecular complexity index is 643. The topological polar surface area (TPSA) is 48.1 Å². The molecule has 5 heteroatoms. The van der Waals surface area contributed by atoms with Gasteiger partial charge in [0.25, 0.3) is 0 Å². The fourth-order valence-corrected chi connectivity index (χ4v) is 1.74. The molecule has 3 nitrogen and oxygen atoms in total. The summed E-state index contributed by atoms with van der Waals surface area (Å²) in [6.07, 6.45) is 0. The Morgan fingerprint density at radius 1 is 1.26 bits per heavy atom. The molecule has 0 radical (unpaired) electrons. The van der Waals surface area contributed by atoms with Crippen LogP contribution < -0.4 is 10.5 Å². The first-order valence-electron chi connectivity index (χ1n) is 5.69. The third kappa shape index (κ3) is 3.06. The Morgan fingerprint density at radius 3 is 2.68 bits per heavy atom. The molecule has 2 aromatic rings. The molecule has 0 bridgehead atoms. The van der Waals surface area contributed by atoms with Gasteiger partial charge in [-0.25, -0.2) is 9.37 Å². The van der Waals surface area contributed by atoms with Gasteiger partial charge in [-0.15, -0.1) is 0 Å². The van der Waals surface area contributed by atoms with Gasteiger partial charge >= 0.3 is 0 Å². The number of benzene rings is 1. The van der Waals surface area contributed by atoms with Gasteiger partial charge in [0, 0.05) is 11.8 Å². The van der Waals surface area contributed by atoms with Crippen molar-refractivity contribution in [1.82, 2.24) is 4.98 Å². The molecular formula is C14H13FN2OS. The lowest BCUT2D eigenvalue weighted by Gasteiger charge is -2.11. The number of aromatic nitrogens is 1. The van der Waals surface area contributed by atoms with Crippen molar-refractivity contribution < 1.29 is 9.13 Å². The lowest BCUT2D eigenvalue weighted by atomic mass is 10.2. The summed E-state index contributed by atoms with van der Waals surface area (Å²) in [5.74, 6) is 0.321. The Labute approximate surface area is 116 Å². The Balaban J connectivity index is 2.45. The van der Waals surface area contributed by atoms with Crippen LogP contribution in [0.25, 0.3) is 0 Å². The SMILES string of the molecule is Cc1ccc(C(N)=S)c(Oc2cc(F)ccc2C)n1. The fraction of sp³-hybridized carbons (Fsp3) is 0.143.